The van der Waals surface area contributed by atoms with E-state index in [1.165, 1.54) is 18.2 Å². The zero-order chi connectivity index (χ0) is 13.3. The Balaban J connectivity index is 2.91. The molecule has 0 amide bonds. The predicted octanol–water partition coefficient (Wildman–Crippen LogP) is 1.79. The van der Waals surface area contributed by atoms with Crippen molar-refractivity contribution >= 4 is 9.84 Å². The molecule has 1 rings (SSSR count). The van der Waals surface area contributed by atoms with Gasteiger partial charge >= 0.3 is 0 Å². The third kappa shape index (κ3) is 4.83. The van der Waals surface area contributed by atoms with Crippen LogP contribution in [0.3, 0.4) is 0 Å². The summed E-state index contributed by atoms with van der Waals surface area (Å²) >= 11 is 0. The van der Waals surface area contributed by atoms with E-state index in [2.05, 4.69) is 0 Å². The number of halogens is 1. The fourth-order valence-corrected chi connectivity index (χ4v) is 3.71. The Bertz CT molecular complexity index is 504. The highest BCUT2D eigenvalue weighted by Crippen LogP contribution is 2.15. The van der Waals surface area contributed by atoms with Crippen LogP contribution in [-0.2, 0) is 15.6 Å². The van der Waals surface area contributed by atoms with E-state index >= 15 is 0 Å². The van der Waals surface area contributed by atoms with Gasteiger partial charge in [0.2, 0.25) is 0 Å². The second kappa shape index (κ2) is 4.74. The van der Waals surface area contributed by atoms with Crippen LogP contribution in [0.15, 0.2) is 18.2 Å². The smallest absolute Gasteiger partial charge is 0.156 e. The molecule has 2 N–H and O–H groups in total. The standard InChI is InChI=1S/C12H18FNO2S/c1-9-6-11(13)5-4-10(9)7-17(15,16)8-12(2,3)14/h4-6H,7-8,14H2,1-3H3. The van der Waals surface area contributed by atoms with Gasteiger partial charge in [0, 0.05) is 5.54 Å². The second-order valence-corrected chi connectivity index (χ2v) is 7.16. The fourth-order valence-electron chi connectivity index (χ4n) is 1.68. The van der Waals surface area contributed by atoms with Gasteiger partial charge in [-0.3, -0.25) is 0 Å². The first-order valence-corrected chi connectivity index (χ1v) is 7.15. The largest absolute Gasteiger partial charge is 0.325 e. The molecule has 0 bridgehead atoms. The molecule has 0 saturated carbocycles. The molecule has 0 aromatic heterocycles. The summed E-state index contributed by atoms with van der Waals surface area (Å²) in [4.78, 5) is 0. The molecule has 0 fully saturated rings. The zero-order valence-corrected chi connectivity index (χ0v) is 11.1. The highest BCUT2D eigenvalue weighted by Gasteiger charge is 2.22. The number of aryl methyl sites for hydroxylation is 1. The molecule has 3 nitrogen and oxygen atoms in total. The monoisotopic (exact) mass is 259 g/mol. The maximum absolute atomic E-state index is 12.9. The van der Waals surface area contributed by atoms with Crippen molar-refractivity contribution < 1.29 is 12.8 Å². The van der Waals surface area contributed by atoms with E-state index in [4.69, 9.17) is 5.73 Å². The first-order chi connectivity index (χ1) is 7.59. The minimum Gasteiger partial charge on any atom is -0.325 e. The van der Waals surface area contributed by atoms with Crippen LogP contribution in [0.2, 0.25) is 0 Å². The van der Waals surface area contributed by atoms with Crippen LogP contribution >= 0.6 is 0 Å². The molecule has 0 aliphatic carbocycles. The lowest BCUT2D eigenvalue weighted by Gasteiger charge is -2.18. The molecule has 96 valence electrons. The first-order valence-electron chi connectivity index (χ1n) is 5.33. The Morgan fingerprint density at radius 3 is 2.41 bits per heavy atom. The lowest BCUT2D eigenvalue weighted by atomic mass is 10.1. The Morgan fingerprint density at radius 1 is 1.35 bits per heavy atom. The number of hydrogen-bond donors (Lipinski definition) is 1. The van der Waals surface area contributed by atoms with Crippen LogP contribution in [0.5, 0.6) is 0 Å². The average molecular weight is 259 g/mol. The number of sulfone groups is 1. The topological polar surface area (TPSA) is 60.2 Å². The van der Waals surface area contributed by atoms with Crippen molar-refractivity contribution in [1.82, 2.24) is 0 Å². The highest BCUT2D eigenvalue weighted by molar-refractivity contribution is 7.90. The number of nitrogens with two attached hydrogens (primary N) is 1. The first kappa shape index (κ1) is 14.1. The van der Waals surface area contributed by atoms with Crippen molar-refractivity contribution in [3.8, 4) is 0 Å². The second-order valence-electron chi connectivity index (χ2n) is 5.09. The predicted molar refractivity (Wildman–Crippen MR) is 66.9 cm³/mol. The van der Waals surface area contributed by atoms with Gasteiger partial charge in [-0.15, -0.1) is 0 Å². The van der Waals surface area contributed by atoms with Gasteiger partial charge in [-0.1, -0.05) is 6.07 Å². The van der Waals surface area contributed by atoms with Crippen LogP contribution in [0.4, 0.5) is 4.39 Å². The third-order valence-electron chi connectivity index (χ3n) is 2.27. The summed E-state index contributed by atoms with van der Waals surface area (Å²) in [6, 6.07) is 4.11. The average Bonchev–Trinajstić information content (AvgIpc) is 2.05. The lowest BCUT2D eigenvalue weighted by Crippen LogP contribution is -2.40. The Labute approximate surface area is 102 Å². The molecule has 0 aliphatic rings. The number of hydrogen-bond acceptors (Lipinski definition) is 3. The van der Waals surface area contributed by atoms with Crippen LogP contribution in [0.1, 0.15) is 25.0 Å². The van der Waals surface area contributed by atoms with Crippen LogP contribution in [-0.4, -0.2) is 19.7 Å². The van der Waals surface area contributed by atoms with Crippen molar-refractivity contribution in [2.45, 2.75) is 32.1 Å². The number of rotatable bonds is 4. The normalized spacial score (nSPS) is 12.8. The third-order valence-corrected chi connectivity index (χ3v) is 4.21. The van der Waals surface area contributed by atoms with E-state index < -0.39 is 15.4 Å². The molecule has 0 unspecified atom stereocenters. The molecule has 1 aromatic carbocycles. The van der Waals surface area contributed by atoms with E-state index in [0.717, 1.165) is 0 Å². The summed E-state index contributed by atoms with van der Waals surface area (Å²) in [5, 5.41) is 0. The molecule has 5 heteroatoms. The van der Waals surface area contributed by atoms with Gasteiger partial charge < -0.3 is 5.73 Å². The van der Waals surface area contributed by atoms with E-state index in [9.17, 15) is 12.8 Å². The minimum atomic E-state index is -3.28. The SMILES string of the molecule is Cc1cc(F)ccc1CS(=O)(=O)CC(C)(C)N. The van der Waals surface area contributed by atoms with Gasteiger partial charge in [0.05, 0.1) is 11.5 Å². The van der Waals surface area contributed by atoms with Crippen LogP contribution in [0.25, 0.3) is 0 Å². The maximum atomic E-state index is 12.9. The highest BCUT2D eigenvalue weighted by atomic mass is 32.2. The summed E-state index contributed by atoms with van der Waals surface area (Å²) in [5.74, 6) is -0.542. The lowest BCUT2D eigenvalue weighted by molar-refractivity contribution is 0.543. The molecule has 0 atom stereocenters. The molecule has 1 aromatic rings. The summed E-state index contributed by atoms with van der Waals surface area (Å²) < 4.78 is 36.6. The van der Waals surface area contributed by atoms with Crippen LogP contribution < -0.4 is 5.73 Å². The van der Waals surface area contributed by atoms with Crippen molar-refractivity contribution in [2.75, 3.05) is 5.75 Å². The molecular weight excluding hydrogens is 241 g/mol. The van der Waals surface area contributed by atoms with Crippen molar-refractivity contribution in [1.29, 1.82) is 0 Å². The molecule has 0 saturated heterocycles. The zero-order valence-electron chi connectivity index (χ0n) is 10.3. The fraction of sp³-hybridized carbons (Fsp3) is 0.500. The molecule has 17 heavy (non-hydrogen) atoms. The van der Waals surface area contributed by atoms with Crippen molar-refractivity contribution in [3.63, 3.8) is 0 Å². The van der Waals surface area contributed by atoms with Gasteiger partial charge in [-0.05, 0) is 44.0 Å². The summed E-state index contributed by atoms with van der Waals surface area (Å²) in [7, 11) is -3.28. The Morgan fingerprint density at radius 2 is 1.94 bits per heavy atom. The number of benzene rings is 1. The van der Waals surface area contributed by atoms with E-state index in [-0.39, 0.29) is 17.3 Å². The molecule has 0 heterocycles. The van der Waals surface area contributed by atoms with E-state index in [0.29, 0.717) is 11.1 Å². The molecule has 0 aliphatic heterocycles. The van der Waals surface area contributed by atoms with E-state index in [1.54, 1.807) is 20.8 Å². The summed E-state index contributed by atoms with van der Waals surface area (Å²) in [6.07, 6.45) is 0. The van der Waals surface area contributed by atoms with Crippen LogP contribution in [0, 0.1) is 12.7 Å². The van der Waals surface area contributed by atoms with Gasteiger partial charge in [-0.2, -0.15) is 0 Å². The van der Waals surface area contributed by atoms with Gasteiger partial charge in [0.1, 0.15) is 5.82 Å². The molecule has 0 radical (unpaired) electrons. The Kier molecular flexibility index (Phi) is 3.94. The van der Waals surface area contributed by atoms with E-state index in [1.807, 2.05) is 0 Å². The maximum Gasteiger partial charge on any atom is 0.156 e. The summed E-state index contributed by atoms with van der Waals surface area (Å²) in [6.45, 7) is 5.03. The quantitative estimate of drug-likeness (QED) is 0.896. The van der Waals surface area contributed by atoms with Gasteiger partial charge in [0.25, 0.3) is 0 Å². The van der Waals surface area contributed by atoms with Gasteiger partial charge in [0.15, 0.2) is 9.84 Å². The molecule has 0 spiro atoms. The summed E-state index contributed by atoms with van der Waals surface area (Å²) in [5.41, 5.74) is 6.20. The Hall–Kier alpha value is -0.940. The van der Waals surface area contributed by atoms with Crippen molar-refractivity contribution in [3.05, 3.63) is 35.1 Å². The van der Waals surface area contributed by atoms with Gasteiger partial charge in [-0.25, -0.2) is 12.8 Å². The molecular formula is C12H18FNO2S. The van der Waals surface area contributed by atoms with Crippen molar-refractivity contribution in [2.24, 2.45) is 5.73 Å². The minimum absolute atomic E-state index is 0.0865.